The highest BCUT2D eigenvalue weighted by molar-refractivity contribution is 7.91. The molecule has 0 radical (unpaired) electrons. The third kappa shape index (κ3) is 4.78. The molecule has 0 fully saturated rings. The number of sulfone groups is 1. The number of hydrogen-bond donors (Lipinski definition) is 1. The minimum absolute atomic E-state index is 0.0311. The fourth-order valence-corrected chi connectivity index (χ4v) is 4.67. The van der Waals surface area contributed by atoms with E-state index in [2.05, 4.69) is 15.3 Å². The molecule has 156 valence electrons. The van der Waals surface area contributed by atoms with Gasteiger partial charge in [-0.2, -0.15) is 0 Å². The molecule has 7 heteroatoms. The highest BCUT2D eigenvalue weighted by atomic mass is 32.2. The summed E-state index contributed by atoms with van der Waals surface area (Å²) in [6.45, 7) is 0.256. The van der Waals surface area contributed by atoms with Crippen molar-refractivity contribution in [3.05, 3.63) is 90.8 Å². The SMILES string of the molecule is O=C(NCCCS(=O)(=O)c1ccccc1)c1cc(-c2ccncc2)nc2ccccc12. The average Bonchev–Trinajstić information content (AvgIpc) is 2.82. The van der Waals surface area contributed by atoms with Crippen LogP contribution in [-0.2, 0) is 9.84 Å². The van der Waals surface area contributed by atoms with Gasteiger partial charge in [0.25, 0.3) is 5.91 Å². The van der Waals surface area contributed by atoms with E-state index in [-0.39, 0.29) is 18.2 Å². The molecule has 0 atom stereocenters. The van der Waals surface area contributed by atoms with Gasteiger partial charge in [0.2, 0.25) is 0 Å². The zero-order valence-corrected chi connectivity index (χ0v) is 17.5. The molecule has 2 heterocycles. The molecule has 1 amide bonds. The minimum atomic E-state index is -3.37. The molecule has 31 heavy (non-hydrogen) atoms. The molecule has 0 saturated heterocycles. The number of fused-ring (bicyclic) bond motifs is 1. The maximum atomic E-state index is 12.9. The number of nitrogens with one attached hydrogen (secondary N) is 1. The number of carbonyl (C=O) groups is 1. The predicted octanol–water partition coefficient (Wildman–Crippen LogP) is 3.89. The second-order valence-corrected chi connectivity index (χ2v) is 9.16. The van der Waals surface area contributed by atoms with Crippen LogP contribution in [0.4, 0.5) is 0 Å². The number of pyridine rings is 2. The van der Waals surface area contributed by atoms with E-state index in [9.17, 15) is 13.2 Å². The van der Waals surface area contributed by atoms with Gasteiger partial charge in [0.1, 0.15) is 0 Å². The Morgan fingerprint density at radius 3 is 2.39 bits per heavy atom. The highest BCUT2D eigenvalue weighted by Gasteiger charge is 2.16. The molecule has 0 bridgehead atoms. The predicted molar refractivity (Wildman–Crippen MR) is 120 cm³/mol. The molecule has 4 rings (SSSR count). The molecule has 6 nitrogen and oxygen atoms in total. The Morgan fingerprint density at radius 1 is 0.903 bits per heavy atom. The van der Waals surface area contributed by atoms with E-state index in [0.717, 1.165) is 10.9 Å². The third-order valence-electron chi connectivity index (χ3n) is 4.91. The number of para-hydroxylation sites is 1. The van der Waals surface area contributed by atoms with Crippen LogP contribution in [0.1, 0.15) is 16.8 Å². The van der Waals surface area contributed by atoms with Crippen molar-refractivity contribution in [2.24, 2.45) is 0 Å². The van der Waals surface area contributed by atoms with Crippen LogP contribution in [0.2, 0.25) is 0 Å². The fourth-order valence-electron chi connectivity index (χ4n) is 3.34. The summed E-state index contributed by atoms with van der Waals surface area (Å²) in [6, 6.07) is 21.2. The van der Waals surface area contributed by atoms with Crippen molar-refractivity contribution in [2.75, 3.05) is 12.3 Å². The van der Waals surface area contributed by atoms with E-state index in [4.69, 9.17) is 0 Å². The van der Waals surface area contributed by atoms with Gasteiger partial charge in [-0.1, -0.05) is 36.4 Å². The molecule has 0 spiro atoms. The Labute approximate surface area is 180 Å². The summed E-state index contributed by atoms with van der Waals surface area (Å²) in [5.74, 6) is -0.289. The summed E-state index contributed by atoms with van der Waals surface area (Å²) >= 11 is 0. The van der Waals surface area contributed by atoms with Gasteiger partial charge in [-0.15, -0.1) is 0 Å². The van der Waals surface area contributed by atoms with Crippen molar-refractivity contribution < 1.29 is 13.2 Å². The van der Waals surface area contributed by atoms with E-state index >= 15 is 0 Å². The van der Waals surface area contributed by atoms with Crippen LogP contribution in [0.5, 0.6) is 0 Å². The molecular formula is C24H21N3O3S. The van der Waals surface area contributed by atoms with Crippen molar-refractivity contribution in [3.8, 4) is 11.3 Å². The van der Waals surface area contributed by atoms with Crippen LogP contribution < -0.4 is 5.32 Å². The number of hydrogen-bond acceptors (Lipinski definition) is 5. The second kappa shape index (κ2) is 9.06. The number of nitrogens with zero attached hydrogens (tertiary/aromatic N) is 2. The van der Waals surface area contributed by atoms with Crippen molar-refractivity contribution >= 4 is 26.6 Å². The average molecular weight is 432 g/mol. The largest absolute Gasteiger partial charge is 0.352 e. The molecule has 2 aromatic carbocycles. The first-order valence-corrected chi connectivity index (χ1v) is 11.6. The van der Waals surface area contributed by atoms with Gasteiger partial charge in [-0.05, 0) is 42.8 Å². The fraction of sp³-hybridized carbons (Fsp3) is 0.125. The number of rotatable bonds is 7. The lowest BCUT2D eigenvalue weighted by Crippen LogP contribution is -2.26. The van der Waals surface area contributed by atoms with Gasteiger partial charge in [-0.3, -0.25) is 9.78 Å². The number of benzene rings is 2. The standard InChI is InChI=1S/C24H21N3O3S/c28-24(26-13-6-16-31(29,30)19-7-2-1-3-8-19)21-17-23(18-11-14-25-15-12-18)27-22-10-5-4-9-20(21)22/h1-5,7-12,14-15,17H,6,13,16H2,(H,26,28). The third-order valence-corrected chi connectivity index (χ3v) is 6.73. The molecule has 0 aliphatic carbocycles. The highest BCUT2D eigenvalue weighted by Crippen LogP contribution is 2.24. The van der Waals surface area contributed by atoms with Gasteiger partial charge < -0.3 is 5.32 Å². The van der Waals surface area contributed by atoms with Crippen LogP contribution >= 0.6 is 0 Å². The normalized spacial score (nSPS) is 11.4. The molecule has 1 N–H and O–H groups in total. The lowest BCUT2D eigenvalue weighted by molar-refractivity contribution is 0.0955. The minimum Gasteiger partial charge on any atom is -0.352 e. The lowest BCUT2D eigenvalue weighted by Gasteiger charge is -2.11. The Balaban J connectivity index is 1.50. The Hall–Kier alpha value is -3.58. The van der Waals surface area contributed by atoms with Crippen molar-refractivity contribution in [3.63, 3.8) is 0 Å². The first-order chi connectivity index (χ1) is 15.0. The zero-order chi connectivity index (χ0) is 21.7. The van der Waals surface area contributed by atoms with Crippen LogP contribution in [0.15, 0.2) is 90.1 Å². The van der Waals surface area contributed by atoms with Crippen LogP contribution in [0.3, 0.4) is 0 Å². The van der Waals surface area contributed by atoms with E-state index in [1.165, 1.54) is 0 Å². The summed E-state index contributed by atoms with van der Waals surface area (Å²) in [4.78, 5) is 21.9. The Morgan fingerprint density at radius 2 is 1.61 bits per heavy atom. The summed E-state index contributed by atoms with van der Waals surface area (Å²) in [7, 11) is -3.37. The lowest BCUT2D eigenvalue weighted by atomic mass is 10.0. The summed E-state index contributed by atoms with van der Waals surface area (Å²) in [6.07, 6.45) is 3.68. The molecule has 4 aromatic rings. The maximum Gasteiger partial charge on any atom is 0.252 e. The Bertz CT molecular complexity index is 1310. The number of amides is 1. The zero-order valence-electron chi connectivity index (χ0n) is 16.7. The first-order valence-electron chi connectivity index (χ1n) is 9.91. The topological polar surface area (TPSA) is 89.0 Å². The van der Waals surface area contributed by atoms with E-state index < -0.39 is 9.84 Å². The molecule has 0 unspecified atom stereocenters. The van der Waals surface area contributed by atoms with Gasteiger partial charge in [-0.25, -0.2) is 13.4 Å². The van der Waals surface area contributed by atoms with E-state index in [1.807, 2.05) is 36.4 Å². The maximum absolute atomic E-state index is 12.9. The summed E-state index contributed by atoms with van der Waals surface area (Å²) in [5, 5.41) is 3.60. The molecule has 2 aromatic heterocycles. The number of carbonyl (C=O) groups excluding carboxylic acids is 1. The summed E-state index contributed by atoms with van der Waals surface area (Å²) in [5.41, 5.74) is 2.76. The van der Waals surface area contributed by atoms with Crippen molar-refractivity contribution in [1.82, 2.24) is 15.3 Å². The second-order valence-electron chi connectivity index (χ2n) is 7.05. The molecule has 0 saturated carbocycles. The van der Waals surface area contributed by atoms with Crippen LogP contribution in [0, 0.1) is 0 Å². The molecular weight excluding hydrogens is 410 g/mol. The Kier molecular flexibility index (Phi) is 6.04. The first kappa shape index (κ1) is 20.7. The van der Waals surface area contributed by atoms with Gasteiger partial charge >= 0.3 is 0 Å². The summed E-state index contributed by atoms with van der Waals surface area (Å²) < 4.78 is 24.8. The smallest absolute Gasteiger partial charge is 0.252 e. The van der Waals surface area contributed by atoms with Crippen molar-refractivity contribution in [1.29, 1.82) is 0 Å². The monoisotopic (exact) mass is 431 g/mol. The quantitative estimate of drug-likeness (QED) is 0.449. The molecule has 0 aliphatic rings. The van der Waals surface area contributed by atoms with E-state index in [0.29, 0.717) is 28.1 Å². The van der Waals surface area contributed by atoms with E-state index in [1.54, 1.807) is 48.8 Å². The van der Waals surface area contributed by atoms with Gasteiger partial charge in [0.05, 0.1) is 27.4 Å². The van der Waals surface area contributed by atoms with Gasteiger partial charge in [0, 0.05) is 29.9 Å². The van der Waals surface area contributed by atoms with Crippen LogP contribution in [-0.4, -0.2) is 36.6 Å². The number of aromatic nitrogens is 2. The van der Waals surface area contributed by atoms with Crippen molar-refractivity contribution in [2.45, 2.75) is 11.3 Å². The molecule has 0 aliphatic heterocycles. The van der Waals surface area contributed by atoms with Crippen LogP contribution in [0.25, 0.3) is 22.2 Å². The van der Waals surface area contributed by atoms with Gasteiger partial charge in [0.15, 0.2) is 9.84 Å².